The molecule has 1 heterocycles. The van der Waals surface area contributed by atoms with Crippen LogP contribution in [0.4, 0.5) is 4.39 Å². The van der Waals surface area contributed by atoms with Gasteiger partial charge in [-0.2, -0.15) is 5.10 Å². The third-order valence-electron chi connectivity index (χ3n) is 2.89. The maximum atomic E-state index is 13.7. The lowest BCUT2D eigenvalue weighted by Crippen LogP contribution is -2.21. The van der Waals surface area contributed by atoms with Gasteiger partial charge in [-0.25, -0.2) is 14.3 Å². The largest absolute Gasteiger partial charge is 0.505 e. The Kier molecular flexibility index (Phi) is 4.95. The van der Waals surface area contributed by atoms with Gasteiger partial charge < -0.3 is 14.6 Å². The third-order valence-corrected chi connectivity index (χ3v) is 2.89. The van der Waals surface area contributed by atoms with Crippen LogP contribution in [0.3, 0.4) is 0 Å². The molecule has 0 fully saturated rings. The van der Waals surface area contributed by atoms with E-state index in [0.29, 0.717) is 6.61 Å². The summed E-state index contributed by atoms with van der Waals surface area (Å²) in [6.45, 7) is 3.65. The fourth-order valence-electron chi connectivity index (χ4n) is 1.98. The number of carbonyl (C=O) groups excluding carboxylic acids is 1. The van der Waals surface area contributed by atoms with Crippen LogP contribution in [-0.4, -0.2) is 34.5 Å². The number of nitrogens with zero attached hydrogens (tertiary/aromatic N) is 1. The molecule has 0 amide bonds. The lowest BCUT2D eigenvalue weighted by molar-refractivity contribution is 0.0520. The van der Waals surface area contributed by atoms with Crippen molar-refractivity contribution in [3.8, 4) is 22.8 Å². The van der Waals surface area contributed by atoms with Crippen LogP contribution in [0.25, 0.3) is 11.3 Å². The molecule has 0 saturated carbocycles. The number of benzene rings is 1. The van der Waals surface area contributed by atoms with Gasteiger partial charge in [0.2, 0.25) is 0 Å². The maximum absolute atomic E-state index is 13.7. The zero-order chi connectivity index (χ0) is 17.0. The van der Waals surface area contributed by atoms with E-state index in [9.17, 15) is 19.1 Å². The zero-order valence-corrected chi connectivity index (χ0v) is 12.6. The minimum atomic E-state index is -0.990. The number of halogens is 1. The van der Waals surface area contributed by atoms with Gasteiger partial charge in [-0.3, -0.25) is 4.79 Å². The predicted octanol–water partition coefficient (Wildman–Crippen LogP) is 1.86. The molecular formula is C15H15FN2O5. The van der Waals surface area contributed by atoms with Crippen LogP contribution in [-0.2, 0) is 4.74 Å². The third kappa shape index (κ3) is 3.47. The highest BCUT2D eigenvalue weighted by Gasteiger charge is 2.23. The molecule has 1 aromatic carbocycles. The molecule has 0 unspecified atom stereocenters. The molecule has 0 bridgehead atoms. The van der Waals surface area contributed by atoms with E-state index >= 15 is 0 Å². The molecule has 0 saturated heterocycles. The highest BCUT2D eigenvalue weighted by molar-refractivity contribution is 5.94. The number of aromatic hydroxyl groups is 1. The Morgan fingerprint density at radius 1 is 1.30 bits per heavy atom. The van der Waals surface area contributed by atoms with Crippen LogP contribution < -0.4 is 10.3 Å². The summed E-state index contributed by atoms with van der Waals surface area (Å²) in [6, 6.07) is 3.70. The number of hydrogen-bond acceptors (Lipinski definition) is 6. The average molecular weight is 322 g/mol. The molecule has 23 heavy (non-hydrogen) atoms. The highest BCUT2D eigenvalue weighted by atomic mass is 19.1. The molecule has 2 aromatic rings. The van der Waals surface area contributed by atoms with Crippen molar-refractivity contribution in [3.05, 3.63) is 39.9 Å². The van der Waals surface area contributed by atoms with Crippen LogP contribution in [0, 0.1) is 5.82 Å². The Morgan fingerprint density at radius 2 is 2.04 bits per heavy atom. The Bertz CT molecular complexity index is 788. The lowest BCUT2D eigenvalue weighted by atomic mass is 10.1. The first-order valence-corrected chi connectivity index (χ1v) is 6.90. The van der Waals surface area contributed by atoms with Gasteiger partial charge in [-0.1, -0.05) is 0 Å². The smallest absolute Gasteiger partial charge is 0.347 e. The predicted molar refractivity (Wildman–Crippen MR) is 79.0 cm³/mol. The van der Waals surface area contributed by atoms with Gasteiger partial charge in [0.25, 0.3) is 5.56 Å². The first-order valence-electron chi connectivity index (χ1n) is 6.90. The van der Waals surface area contributed by atoms with Crippen molar-refractivity contribution < 1.29 is 23.8 Å². The topological polar surface area (TPSA) is 102 Å². The average Bonchev–Trinajstić information content (AvgIpc) is 2.47. The van der Waals surface area contributed by atoms with Gasteiger partial charge >= 0.3 is 5.97 Å². The van der Waals surface area contributed by atoms with Gasteiger partial charge in [-0.05, 0) is 26.0 Å². The quantitative estimate of drug-likeness (QED) is 0.815. The molecule has 1 aromatic heterocycles. The number of H-pyrrole nitrogens is 1. The Balaban J connectivity index is 2.59. The molecule has 0 atom stereocenters. The number of aromatic nitrogens is 2. The first-order chi connectivity index (χ1) is 11.0. The van der Waals surface area contributed by atoms with Crippen molar-refractivity contribution in [2.75, 3.05) is 13.2 Å². The van der Waals surface area contributed by atoms with Crippen LogP contribution >= 0.6 is 0 Å². The van der Waals surface area contributed by atoms with Crippen LogP contribution in [0.15, 0.2) is 23.0 Å². The molecular weight excluding hydrogens is 307 g/mol. The number of esters is 1. The van der Waals surface area contributed by atoms with E-state index in [1.165, 1.54) is 12.1 Å². The molecule has 0 radical (unpaired) electrons. The summed E-state index contributed by atoms with van der Waals surface area (Å²) < 4.78 is 23.6. The summed E-state index contributed by atoms with van der Waals surface area (Å²) in [5.74, 6) is -2.06. The monoisotopic (exact) mass is 322 g/mol. The van der Waals surface area contributed by atoms with Gasteiger partial charge in [0, 0.05) is 11.6 Å². The maximum Gasteiger partial charge on any atom is 0.347 e. The zero-order valence-electron chi connectivity index (χ0n) is 12.6. The summed E-state index contributed by atoms with van der Waals surface area (Å²) in [7, 11) is 0. The van der Waals surface area contributed by atoms with Crippen molar-refractivity contribution in [2.24, 2.45) is 0 Å². The first kappa shape index (κ1) is 16.5. The van der Waals surface area contributed by atoms with Crippen molar-refractivity contribution in [1.82, 2.24) is 10.2 Å². The van der Waals surface area contributed by atoms with Gasteiger partial charge in [0.15, 0.2) is 11.3 Å². The summed E-state index contributed by atoms with van der Waals surface area (Å²) in [5.41, 5.74) is -1.49. The minimum absolute atomic E-state index is 0.0316. The van der Waals surface area contributed by atoms with E-state index in [1.807, 2.05) is 0 Å². The van der Waals surface area contributed by atoms with Crippen molar-refractivity contribution >= 4 is 5.97 Å². The fourth-order valence-corrected chi connectivity index (χ4v) is 1.98. The molecule has 7 nitrogen and oxygen atoms in total. The van der Waals surface area contributed by atoms with E-state index in [1.54, 1.807) is 13.8 Å². The van der Waals surface area contributed by atoms with E-state index < -0.39 is 28.7 Å². The van der Waals surface area contributed by atoms with Crippen molar-refractivity contribution in [2.45, 2.75) is 13.8 Å². The SMILES string of the molecule is CCOC(=O)c1c(O)c(-c2cc(F)cc(OCC)c2)n[nH]c1=O. The Hall–Kier alpha value is -2.90. The number of hydrogen-bond donors (Lipinski definition) is 2. The van der Waals surface area contributed by atoms with Crippen LogP contribution in [0.1, 0.15) is 24.2 Å². The number of carbonyl (C=O) groups is 1. The summed E-state index contributed by atoms with van der Waals surface area (Å²) in [4.78, 5) is 23.5. The number of aromatic amines is 1. The molecule has 0 spiro atoms. The van der Waals surface area contributed by atoms with E-state index in [-0.39, 0.29) is 23.6 Å². The number of nitrogens with one attached hydrogen (secondary N) is 1. The molecule has 0 aliphatic carbocycles. The van der Waals surface area contributed by atoms with Crippen LogP contribution in [0.5, 0.6) is 11.5 Å². The molecule has 0 aliphatic rings. The Morgan fingerprint density at radius 3 is 2.70 bits per heavy atom. The minimum Gasteiger partial charge on any atom is -0.505 e. The second kappa shape index (κ2) is 6.91. The summed E-state index contributed by atoms with van der Waals surface area (Å²) in [6.07, 6.45) is 0. The van der Waals surface area contributed by atoms with Gasteiger partial charge in [-0.15, -0.1) is 0 Å². The summed E-state index contributed by atoms with van der Waals surface area (Å²) >= 11 is 0. The molecule has 8 heteroatoms. The second-order valence-electron chi connectivity index (χ2n) is 4.45. The molecule has 2 rings (SSSR count). The molecule has 2 N–H and O–H groups in total. The standard InChI is InChI=1S/C15H15FN2O5/c1-3-22-10-6-8(5-9(16)7-10)12-13(19)11(14(20)18-17-12)15(21)23-4-2/h5-7H,3-4H2,1-2H3,(H2,18,19,20). The van der Waals surface area contributed by atoms with E-state index in [4.69, 9.17) is 9.47 Å². The number of ether oxygens (including phenoxy) is 2. The van der Waals surface area contributed by atoms with Crippen molar-refractivity contribution in [3.63, 3.8) is 0 Å². The molecule has 0 aliphatic heterocycles. The van der Waals surface area contributed by atoms with Gasteiger partial charge in [0.05, 0.1) is 13.2 Å². The highest BCUT2D eigenvalue weighted by Crippen LogP contribution is 2.31. The molecule has 122 valence electrons. The van der Waals surface area contributed by atoms with E-state index in [0.717, 1.165) is 6.07 Å². The fraction of sp³-hybridized carbons (Fsp3) is 0.267. The summed E-state index contributed by atoms with van der Waals surface area (Å²) in [5, 5.41) is 15.9. The van der Waals surface area contributed by atoms with Gasteiger partial charge in [0.1, 0.15) is 17.3 Å². The van der Waals surface area contributed by atoms with E-state index in [2.05, 4.69) is 10.2 Å². The lowest BCUT2D eigenvalue weighted by Gasteiger charge is -2.09. The number of rotatable bonds is 5. The Labute approximate surface area is 130 Å². The van der Waals surface area contributed by atoms with Crippen molar-refractivity contribution in [1.29, 1.82) is 0 Å². The van der Waals surface area contributed by atoms with Crippen LogP contribution in [0.2, 0.25) is 0 Å². The second-order valence-corrected chi connectivity index (χ2v) is 4.45. The normalized spacial score (nSPS) is 10.4.